The van der Waals surface area contributed by atoms with Crippen molar-refractivity contribution in [1.82, 2.24) is 9.88 Å². The topological polar surface area (TPSA) is 91.6 Å². The first-order chi connectivity index (χ1) is 13.1. The number of carbonyl (C=O) groups excluding carboxylic acids is 1. The Morgan fingerprint density at radius 3 is 2.63 bits per heavy atom. The molecule has 2 heterocycles. The summed E-state index contributed by atoms with van der Waals surface area (Å²) in [5.41, 5.74) is 1.31. The molecule has 2 aromatic rings. The Labute approximate surface area is 158 Å². The number of aromatic nitrogens is 1. The minimum atomic E-state index is -0.409. The molecule has 0 aliphatic carbocycles. The number of pyridine rings is 1. The zero-order chi connectivity index (χ0) is 19.2. The molecule has 8 nitrogen and oxygen atoms in total. The highest BCUT2D eigenvalue weighted by molar-refractivity contribution is 5.77. The van der Waals surface area contributed by atoms with Crippen LogP contribution in [0, 0.1) is 17.0 Å². The number of nitrogens with one attached hydrogen (secondary N) is 1. The van der Waals surface area contributed by atoms with E-state index in [0.717, 1.165) is 24.5 Å². The molecule has 1 aliphatic rings. The van der Waals surface area contributed by atoms with Gasteiger partial charge >= 0.3 is 0 Å². The van der Waals surface area contributed by atoms with Gasteiger partial charge in [-0.2, -0.15) is 0 Å². The number of carbonyl (C=O) groups is 1. The third-order valence-electron chi connectivity index (χ3n) is 4.69. The molecular weight excluding hydrogens is 346 g/mol. The average molecular weight is 369 g/mol. The van der Waals surface area contributed by atoms with Gasteiger partial charge in [0.2, 0.25) is 5.91 Å². The van der Waals surface area contributed by atoms with E-state index in [1.807, 2.05) is 36.1 Å². The van der Waals surface area contributed by atoms with Gasteiger partial charge in [-0.3, -0.25) is 14.9 Å². The number of amides is 1. The normalized spacial score (nSPS) is 14.1. The molecule has 0 spiro atoms. The summed E-state index contributed by atoms with van der Waals surface area (Å²) < 4.78 is 0. The molecule has 1 amide bonds. The smallest absolute Gasteiger partial charge is 0.292 e. The molecule has 1 aromatic heterocycles. The number of piperazine rings is 1. The number of hydrogen-bond acceptors (Lipinski definition) is 6. The fraction of sp³-hybridized carbons (Fsp3) is 0.368. The Morgan fingerprint density at radius 1 is 1.19 bits per heavy atom. The van der Waals surface area contributed by atoms with Gasteiger partial charge in [-0.05, 0) is 24.6 Å². The van der Waals surface area contributed by atoms with Gasteiger partial charge < -0.3 is 15.1 Å². The molecule has 0 bridgehead atoms. The summed E-state index contributed by atoms with van der Waals surface area (Å²) in [6, 6.07) is 10.7. The van der Waals surface area contributed by atoms with Crippen molar-refractivity contribution >= 4 is 23.1 Å². The zero-order valence-corrected chi connectivity index (χ0v) is 15.3. The second kappa shape index (κ2) is 8.48. The molecule has 27 heavy (non-hydrogen) atoms. The van der Waals surface area contributed by atoms with Crippen LogP contribution in [0.25, 0.3) is 0 Å². The molecule has 1 saturated heterocycles. The average Bonchev–Trinajstić information content (AvgIpc) is 2.69. The van der Waals surface area contributed by atoms with Crippen LogP contribution in [-0.2, 0) is 4.79 Å². The lowest BCUT2D eigenvalue weighted by Gasteiger charge is -2.35. The highest BCUT2D eigenvalue weighted by Crippen LogP contribution is 2.27. The standard InChI is InChI=1S/C19H23N5O3/c1-15-5-4-6-16(24(26)27)19(15)21-10-8-18(25)23-13-11-22(12-14-23)17-7-2-3-9-20-17/h2-7,9,21H,8,10-14H2,1H3. The second-order valence-corrected chi connectivity index (χ2v) is 6.46. The lowest BCUT2D eigenvalue weighted by atomic mass is 10.1. The minimum absolute atomic E-state index is 0.0337. The summed E-state index contributed by atoms with van der Waals surface area (Å²) in [5.74, 6) is 0.984. The number of rotatable bonds is 6. The quantitative estimate of drug-likeness (QED) is 0.621. The summed E-state index contributed by atoms with van der Waals surface area (Å²) in [6.45, 7) is 4.98. The molecule has 1 N–H and O–H groups in total. The third-order valence-corrected chi connectivity index (χ3v) is 4.69. The van der Waals surface area contributed by atoms with E-state index in [4.69, 9.17) is 0 Å². The molecule has 142 valence electrons. The number of nitro groups is 1. The van der Waals surface area contributed by atoms with Crippen LogP contribution < -0.4 is 10.2 Å². The van der Waals surface area contributed by atoms with E-state index in [0.29, 0.717) is 31.7 Å². The highest BCUT2D eigenvalue weighted by atomic mass is 16.6. The molecule has 3 rings (SSSR count). The number of anilines is 2. The number of nitro benzene ring substituents is 1. The third kappa shape index (κ3) is 4.52. The summed E-state index contributed by atoms with van der Waals surface area (Å²) in [5, 5.41) is 14.2. The van der Waals surface area contributed by atoms with E-state index >= 15 is 0 Å². The number of hydrogen-bond donors (Lipinski definition) is 1. The largest absolute Gasteiger partial charge is 0.379 e. The van der Waals surface area contributed by atoms with Crippen molar-refractivity contribution in [2.24, 2.45) is 0 Å². The maximum Gasteiger partial charge on any atom is 0.292 e. The van der Waals surface area contributed by atoms with Gasteiger partial charge in [0.1, 0.15) is 11.5 Å². The van der Waals surface area contributed by atoms with Gasteiger partial charge in [-0.15, -0.1) is 0 Å². The summed E-state index contributed by atoms with van der Waals surface area (Å²) in [4.78, 5) is 31.5. The van der Waals surface area contributed by atoms with Crippen molar-refractivity contribution in [3.8, 4) is 0 Å². The van der Waals surface area contributed by atoms with E-state index in [2.05, 4.69) is 15.2 Å². The number of benzene rings is 1. The maximum absolute atomic E-state index is 12.5. The molecule has 1 fully saturated rings. The maximum atomic E-state index is 12.5. The van der Waals surface area contributed by atoms with Crippen LogP contribution in [0.1, 0.15) is 12.0 Å². The lowest BCUT2D eigenvalue weighted by molar-refractivity contribution is -0.384. The van der Waals surface area contributed by atoms with E-state index in [-0.39, 0.29) is 11.6 Å². The van der Waals surface area contributed by atoms with Crippen molar-refractivity contribution in [3.05, 3.63) is 58.3 Å². The Kier molecular flexibility index (Phi) is 5.85. The Bertz CT molecular complexity index is 804. The van der Waals surface area contributed by atoms with Gasteiger partial charge in [-0.25, -0.2) is 4.98 Å². The van der Waals surface area contributed by atoms with Crippen LogP contribution in [0.5, 0.6) is 0 Å². The van der Waals surface area contributed by atoms with Crippen LogP contribution in [0.4, 0.5) is 17.2 Å². The van der Waals surface area contributed by atoms with Gasteiger partial charge in [0, 0.05) is 51.4 Å². The Balaban J connectivity index is 1.49. The summed E-state index contributed by atoms with van der Waals surface area (Å²) >= 11 is 0. The van der Waals surface area contributed by atoms with Crippen LogP contribution in [-0.4, -0.2) is 53.4 Å². The van der Waals surface area contributed by atoms with Crippen molar-refractivity contribution in [1.29, 1.82) is 0 Å². The van der Waals surface area contributed by atoms with Crippen molar-refractivity contribution < 1.29 is 9.72 Å². The SMILES string of the molecule is Cc1cccc([N+](=O)[O-])c1NCCC(=O)N1CCN(c2ccccn2)CC1. The molecule has 0 unspecified atom stereocenters. The minimum Gasteiger partial charge on any atom is -0.379 e. The first-order valence-electron chi connectivity index (χ1n) is 8.98. The highest BCUT2D eigenvalue weighted by Gasteiger charge is 2.22. The van der Waals surface area contributed by atoms with Crippen LogP contribution in [0.15, 0.2) is 42.6 Å². The van der Waals surface area contributed by atoms with Crippen molar-refractivity contribution in [2.75, 3.05) is 42.9 Å². The number of nitrogens with zero attached hydrogens (tertiary/aromatic N) is 4. The van der Waals surface area contributed by atoms with Gasteiger partial charge in [-0.1, -0.05) is 18.2 Å². The molecule has 1 aromatic carbocycles. The summed E-state index contributed by atoms with van der Waals surface area (Å²) in [7, 11) is 0. The molecule has 0 atom stereocenters. The van der Waals surface area contributed by atoms with Crippen LogP contribution >= 0.6 is 0 Å². The van der Waals surface area contributed by atoms with E-state index in [9.17, 15) is 14.9 Å². The van der Waals surface area contributed by atoms with Crippen LogP contribution in [0.3, 0.4) is 0 Å². The van der Waals surface area contributed by atoms with Gasteiger partial charge in [0.25, 0.3) is 5.69 Å². The Hall–Kier alpha value is -3.16. The molecule has 8 heteroatoms. The lowest BCUT2D eigenvalue weighted by Crippen LogP contribution is -2.49. The molecular formula is C19H23N5O3. The first-order valence-corrected chi connectivity index (χ1v) is 8.98. The van der Waals surface area contributed by atoms with E-state index < -0.39 is 4.92 Å². The van der Waals surface area contributed by atoms with Gasteiger partial charge in [0.05, 0.1) is 4.92 Å². The Morgan fingerprint density at radius 2 is 1.96 bits per heavy atom. The fourth-order valence-corrected chi connectivity index (χ4v) is 3.21. The monoisotopic (exact) mass is 369 g/mol. The predicted molar refractivity (Wildman–Crippen MR) is 104 cm³/mol. The number of para-hydroxylation sites is 1. The number of aryl methyl sites for hydroxylation is 1. The van der Waals surface area contributed by atoms with Crippen molar-refractivity contribution in [3.63, 3.8) is 0 Å². The van der Waals surface area contributed by atoms with Crippen molar-refractivity contribution in [2.45, 2.75) is 13.3 Å². The van der Waals surface area contributed by atoms with E-state index in [1.54, 1.807) is 12.3 Å². The van der Waals surface area contributed by atoms with Gasteiger partial charge in [0.15, 0.2) is 0 Å². The molecule has 0 radical (unpaired) electrons. The summed E-state index contributed by atoms with van der Waals surface area (Å²) in [6.07, 6.45) is 2.07. The van der Waals surface area contributed by atoms with Crippen LogP contribution in [0.2, 0.25) is 0 Å². The fourth-order valence-electron chi connectivity index (χ4n) is 3.21. The zero-order valence-electron chi connectivity index (χ0n) is 15.3. The second-order valence-electron chi connectivity index (χ2n) is 6.46. The predicted octanol–water partition coefficient (Wildman–Crippen LogP) is 2.45. The van der Waals surface area contributed by atoms with E-state index in [1.165, 1.54) is 6.07 Å². The first kappa shape index (κ1) is 18.6. The molecule has 0 saturated carbocycles. The molecule has 1 aliphatic heterocycles.